The molecule has 3 fully saturated rings. The third-order valence-electron chi connectivity index (χ3n) is 8.18. The number of carbonyl (C=O) groups excluding carboxylic acids is 1. The molecule has 4 aromatic rings. The Kier molecular flexibility index (Phi) is 8.03. The largest absolute Gasteiger partial charge is 1.00 e. The number of benzene rings is 1. The number of carboxylic acid groups (broad SMARTS) is 1. The number of rotatable bonds is 7. The number of nitrogen functional groups attached to an aromatic ring is 1. The van der Waals surface area contributed by atoms with E-state index in [1.807, 2.05) is 12.1 Å². The van der Waals surface area contributed by atoms with E-state index >= 15 is 0 Å². The topological polar surface area (TPSA) is 127 Å². The smallest absolute Gasteiger partial charge is 0.545 e. The number of hydrogen-bond acceptors (Lipinski definition) is 8. The number of ether oxygens (including phenoxy) is 1. The van der Waals surface area contributed by atoms with E-state index in [9.17, 15) is 9.90 Å². The molecule has 5 heterocycles. The molecule has 0 spiro atoms. The maximum Gasteiger partial charge on any atom is 1.00 e. The molecular weight excluding hydrogens is 569 g/mol. The second-order valence-corrected chi connectivity index (χ2v) is 11.8. The Bertz CT molecular complexity index is 1560. The van der Waals surface area contributed by atoms with Crippen molar-refractivity contribution in [3.05, 3.63) is 52.3 Å². The first kappa shape index (κ1) is 28.7. The molecule has 10 nitrogen and oxygen atoms in total. The number of imidazole rings is 1. The van der Waals surface area contributed by atoms with Gasteiger partial charge in [0.05, 0.1) is 40.0 Å². The van der Waals surface area contributed by atoms with E-state index in [-0.39, 0.29) is 30.0 Å². The van der Waals surface area contributed by atoms with Crippen LogP contribution < -0.4 is 34.4 Å². The van der Waals surface area contributed by atoms with Crippen LogP contribution in [-0.4, -0.2) is 61.4 Å². The van der Waals surface area contributed by atoms with Gasteiger partial charge in [0, 0.05) is 42.4 Å². The first-order valence-electron chi connectivity index (χ1n) is 13.2. The molecule has 3 aliphatic rings. The monoisotopic (exact) mass is 599 g/mol. The maximum absolute atomic E-state index is 11.5. The van der Waals surface area contributed by atoms with Gasteiger partial charge in [-0.2, -0.15) is 5.10 Å². The minimum Gasteiger partial charge on any atom is -0.545 e. The van der Waals surface area contributed by atoms with Crippen molar-refractivity contribution in [1.29, 1.82) is 0 Å². The van der Waals surface area contributed by atoms with Crippen LogP contribution in [-0.2, 0) is 12.6 Å². The third-order valence-corrected chi connectivity index (χ3v) is 8.68. The van der Waals surface area contributed by atoms with Crippen LogP contribution in [0.5, 0.6) is 5.88 Å². The van der Waals surface area contributed by atoms with Gasteiger partial charge in [0.25, 0.3) is 0 Å². The summed E-state index contributed by atoms with van der Waals surface area (Å²) in [5.41, 5.74) is 10.2. The number of aryl methyl sites for hydroxylation is 2. The molecule has 204 valence electrons. The summed E-state index contributed by atoms with van der Waals surface area (Å²) in [6.07, 6.45) is 6.13. The van der Waals surface area contributed by atoms with Crippen molar-refractivity contribution in [2.24, 2.45) is 13.0 Å². The summed E-state index contributed by atoms with van der Waals surface area (Å²) in [6.45, 7) is 4.85. The van der Waals surface area contributed by atoms with Gasteiger partial charge in [-0.25, -0.2) is 9.67 Å². The fourth-order valence-electron chi connectivity index (χ4n) is 6.40. The van der Waals surface area contributed by atoms with Gasteiger partial charge in [0.1, 0.15) is 6.61 Å². The summed E-state index contributed by atoms with van der Waals surface area (Å²) < 4.78 is 11.2. The number of carbonyl (C=O) groups is 1. The van der Waals surface area contributed by atoms with Crippen LogP contribution in [0.3, 0.4) is 0 Å². The minimum atomic E-state index is -1.24. The fraction of sp³-hybridized carbons (Fsp3) is 0.429. The summed E-state index contributed by atoms with van der Waals surface area (Å²) >= 11 is 3.62. The van der Waals surface area contributed by atoms with Crippen LogP contribution in [0.15, 0.2) is 41.0 Å². The van der Waals surface area contributed by atoms with Crippen molar-refractivity contribution in [3.63, 3.8) is 0 Å². The van der Waals surface area contributed by atoms with Gasteiger partial charge >= 0.3 is 18.9 Å². The van der Waals surface area contributed by atoms with E-state index in [0.717, 1.165) is 60.8 Å². The number of aromatic carboxylic acids is 1. The Morgan fingerprint density at radius 2 is 2.00 bits per heavy atom. The number of pyridine rings is 1. The van der Waals surface area contributed by atoms with E-state index in [4.69, 9.17) is 10.5 Å². The molecule has 2 aliphatic heterocycles. The first-order chi connectivity index (χ1) is 18.7. The molecule has 0 atom stereocenters. The molecule has 2 N–H and O–H groups in total. The molecule has 1 aromatic carbocycles. The normalized spacial score (nSPS) is 20.8. The zero-order chi connectivity index (χ0) is 27.3. The standard InChI is InChI=1S/C28H32BrN7O3.Li/c1-17-11-19(26(37)38)12-23(32-17)21-14-31-34(2)25(21)39-10-9-35-15-18-5-7-28(16-35,8-6-18)36-24-13-20(29)3-4-22(24)33-27(36)30;/h3-4,11-14,18H,5-10,15-16H2,1-2H3,(H2,30,33)(H,37,38);/q;+1/p-1. The predicted molar refractivity (Wildman–Crippen MR) is 149 cm³/mol. The summed E-state index contributed by atoms with van der Waals surface area (Å²) in [5, 5.41) is 15.8. The van der Waals surface area contributed by atoms with Gasteiger partial charge in [0.2, 0.25) is 11.8 Å². The number of carboxylic acids is 1. The Balaban J connectivity index is 0.00000323. The molecule has 40 heavy (non-hydrogen) atoms. The minimum absolute atomic E-state index is 0. The van der Waals surface area contributed by atoms with Gasteiger partial charge < -0.3 is 24.9 Å². The number of anilines is 1. The average molecular weight is 600 g/mol. The molecule has 0 amide bonds. The van der Waals surface area contributed by atoms with Crippen molar-refractivity contribution >= 4 is 38.9 Å². The quantitative estimate of drug-likeness (QED) is 0.297. The summed E-state index contributed by atoms with van der Waals surface area (Å²) in [7, 11) is 1.81. The Labute approximate surface area is 253 Å². The van der Waals surface area contributed by atoms with Gasteiger partial charge in [-0.15, -0.1) is 0 Å². The van der Waals surface area contributed by atoms with Crippen molar-refractivity contribution in [2.45, 2.75) is 38.1 Å². The van der Waals surface area contributed by atoms with Crippen LogP contribution in [0.4, 0.5) is 5.95 Å². The van der Waals surface area contributed by atoms with E-state index in [0.29, 0.717) is 41.3 Å². The van der Waals surface area contributed by atoms with E-state index in [1.54, 1.807) is 24.9 Å². The molecule has 0 radical (unpaired) electrons. The van der Waals surface area contributed by atoms with Gasteiger partial charge in [-0.05, 0) is 68.9 Å². The Morgan fingerprint density at radius 3 is 2.75 bits per heavy atom. The van der Waals surface area contributed by atoms with Crippen molar-refractivity contribution in [3.8, 4) is 17.1 Å². The van der Waals surface area contributed by atoms with Crippen molar-refractivity contribution in [1.82, 2.24) is 29.2 Å². The van der Waals surface area contributed by atoms with Gasteiger partial charge in [-0.1, -0.05) is 15.9 Å². The van der Waals surface area contributed by atoms with Crippen molar-refractivity contribution < 1.29 is 33.5 Å². The molecule has 2 bridgehead atoms. The average Bonchev–Trinajstić information content (AvgIpc) is 3.29. The molecule has 2 saturated heterocycles. The van der Waals surface area contributed by atoms with E-state index < -0.39 is 5.97 Å². The van der Waals surface area contributed by atoms with Crippen LogP contribution in [0, 0.1) is 12.8 Å². The maximum atomic E-state index is 11.5. The summed E-state index contributed by atoms with van der Waals surface area (Å²) in [5.74, 6) is 0.534. The molecule has 0 unspecified atom stereocenters. The van der Waals surface area contributed by atoms with Gasteiger partial charge in [-0.3, -0.25) is 9.88 Å². The van der Waals surface area contributed by atoms with Crippen LogP contribution >= 0.6 is 15.9 Å². The van der Waals surface area contributed by atoms with Crippen LogP contribution in [0.1, 0.15) is 41.7 Å². The second-order valence-electron chi connectivity index (χ2n) is 10.8. The molecule has 1 saturated carbocycles. The number of aromatic nitrogens is 5. The Morgan fingerprint density at radius 1 is 1.23 bits per heavy atom. The molecule has 1 aliphatic carbocycles. The molecular formula is C28H31BrLiN7O3. The number of nitrogens with zero attached hydrogens (tertiary/aromatic N) is 6. The van der Waals surface area contributed by atoms with E-state index in [2.05, 4.69) is 46.5 Å². The summed E-state index contributed by atoms with van der Waals surface area (Å²) in [4.78, 5) is 23.2. The Hall–Kier alpha value is -2.84. The van der Waals surface area contributed by atoms with Crippen LogP contribution in [0.25, 0.3) is 22.3 Å². The molecule has 7 rings (SSSR count). The molecule has 3 aromatic heterocycles. The van der Waals surface area contributed by atoms with E-state index in [1.165, 1.54) is 12.1 Å². The number of nitrogens with two attached hydrogens (primary N) is 1. The predicted octanol–water partition coefficient (Wildman–Crippen LogP) is 0.133. The number of fused-ring (bicyclic) bond motifs is 5. The first-order valence-corrected chi connectivity index (χ1v) is 14.0. The molecule has 12 heteroatoms. The zero-order valence-electron chi connectivity index (χ0n) is 23.1. The fourth-order valence-corrected chi connectivity index (χ4v) is 6.75. The van der Waals surface area contributed by atoms with Crippen molar-refractivity contribution in [2.75, 3.05) is 32.0 Å². The number of hydrogen-bond donors (Lipinski definition) is 1. The second kappa shape index (κ2) is 11.2. The zero-order valence-corrected chi connectivity index (χ0v) is 24.6. The third kappa shape index (κ3) is 5.28. The number of halogens is 1. The van der Waals surface area contributed by atoms with Crippen LogP contribution in [0.2, 0.25) is 0 Å². The van der Waals surface area contributed by atoms with Gasteiger partial charge in [0.15, 0.2) is 0 Å². The SMILES string of the molecule is Cc1cc(C(=O)[O-])cc(-c2cnn(C)c2OCCN2CC3CCC(n4c(N)nc5ccc(Br)cc54)(CC3)C2)n1.[Li+]. The summed E-state index contributed by atoms with van der Waals surface area (Å²) in [6, 6.07) is 9.13.